The van der Waals surface area contributed by atoms with Crippen LogP contribution in [-0.4, -0.2) is 142 Å². The highest BCUT2D eigenvalue weighted by atomic mass is 16.7. The standard InChI is InChI=1S/C54H98O14/c1-3-5-7-9-11-13-15-17-19-21-23-25-27-29-31-33-35-37-46(56)66-43(40-63-38-36-34-32-30-28-26-24-22-20-18-16-14-12-10-8-6-4-2)41-64-53-52(62)50(60)48(58)45(68-53)42-65-54-51(61)49(59)47(57)44(39-55)67-54/h14,16-17,19-20,22,43-45,47-55,57-62H,3-13,15,18,21,23-42H2,1-2H3/b16-14-,19-17-,22-20-. The molecule has 2 aliphatic rings. The van der Waals surface area contributed by atoms with Crippen LogP contribution in [0.3, 0.4) is 0 Å². The van der Waals surface area contributed by atoms with E-state index < -0.39 is 80.7 Å². The average molecular weight is 971 g/mol. The Morgan fingerprint density at radius 2 is 0.912 bits per heavy atom. The van der Waals surface area contributed by atoms with Crippen molar-refractivity contribution in [2.75, 3.05) is 33.0 Å². The molecule has 0 aromatic rings. The maximum Gasteiger partial charge on any atom is 0.306 e. The third-order valence-electron chi connectivity index (χ3n) is 12.9. The second-order valence-corrected chi connectivity index (χ2v) is 19.0. The van der Waals surface area contributed by atoms with Crippen LogP contribution in [0, 0.1) is 0 Å². The molecule has 2 fully saturated rings. The smallest absolute Gasteiger partial charge is 0.306 e. The van der Waals surface area contributed by atoms with Gasteiger partial charge in [-0.3, -0.25) is 4.79 Å². The first-order valence-electron chi connectivity index (χ1n) is 27.1. The van der Waals surface area contributed by atoms with Crippen LogP contribution in [0.4, 0.5) is 0 Å². The van der Waals surface area contributed by atoms with E-state index in [1.54, 1.807) is 0 Å². The fourth-order valence-electron chi connectivity index (χ4n) is 8.43. The average Bonchev–Trinajstić information content (AvgIpc) is 3.33. The SMILES string of the molecule is CCCCCC/C=C\C/C=C\CCCCCCCCOCC(COC1OC(COC2OC(CO)C(O)C(O)C2O)C(O)C(O)C1O)OC(=O)CCCCCCCCC/C=C\CCCCCCCC. The Bertz CT molecular complexity index is 1260. The predicted molar refractivity (Wildman–Crippen MR) is 266 cm³/mol. The molecule has 0 bridgehead atoms. The molecule has 0 amide bonds. The minimum absolute atomic E-state index is 0.0536. The molecule has 7 N–H and O–H groups in total. The Morgan fingerprint density at radius 1 is 0.485 bits per heavy atom. The van der Waals surface area contributed by atoms with Gasteiger partial charge < -0.3 is 64.2 Å². The van der Waals surface area contributed by atoms with E-state index >= 15 is 0 Å². The number of carbonyl (C=O) groups is 1. The van der Waals surface area contributed by atoms with Crippen LogP contribution in [0.15, 0.2) is 36.5 Å². The maximum absolute atomic E-state index is 13.0. The molecule has 0 aromatic heterocycles. The maximum atomic E-state index is 13.0. The number of aliphatic hydroxyl groups is 7. The number of hydrogen-bond acceptors (Lipinski definition) is 14. The number of rotatable bonds is 43. The fraction of sp³-hybridized carbons (Fsp3) is 0.870. The zero-order chi connectivity index (χ0) is 49.5. The number of carbonyl (C=O) groups excluding carboxylic acids is 1. The van der Waals surface area contributed by atoms with Crippen molar-refractivity contribution >= 4 is 5.97 Å². The van der Waals surface area contributed by atoms with E-state index in [4.69, 9.17) is 28.4 Å². The van der Waals surface area contributed by atoms with Crippen LogP contribution < -0.4 is 0 Å². The fourth-order valence-corrected chi connectivity index (χ4v) is 8.43. The number of esters is 1. The van der Waals surface area contributed by atoms with E-state index in [-0.39, 0.29) is 25.6 Å². The van der Waals surface area contributed by atoms with Crippen molar-refractivity contribution in [3.05, 3.63) is 36.5 Å². The summed E-state index contributed by atoms with van der Waals surface area (Å²) in [6, 6.07) is 0. The highest BCUT2D eigenvalue weighted by molar-refractivity contribution is 5.69. The number of allylic oxidation sites excluding steroid dienone is 6. The van der Waals surface area contributed by atoms with Crippen molar-refractivity contribution < 1.29 is 69.0 Å². The highest BCUT2D eigenvalue weighted by Crippen LogP contribution is 2.26. The first kappa shape index (κ1) is 62.3. The Balaban J connectivity index is 1.76. The zero-order valence-electron chi connectivity index (χ0n) is 42.3. The van der Waals surface area contributed by atoms with Crippen molar-refractivity contribution in [3.8, 4) is 0 Å². The quantitative estimate of drug-likeness (QED) is 0.0173. The predicted octanol–water partition coefficient (Wildman–Crippen LogP) is 8.58. The van der Waals surface area contributed by atoms with Crippen LogP contribution in [-0.2, 0) is 33.2 Å². The summed E-state index contributed by atoms with van der Waals surface area (Å²) >= 11 is 0. The lowest BCUT2D eigenvalue weighted by molar-refractivity contribution is -0.332. The monoisotopic (exact) mass is 971 g/mol. The summed E-state index contributed by atoms with van der Waals surface area (Å²) in [6.07, 6.45) is 30.5. The molecule has 0 aromatic carbocycles. The van der Waals surface area contributed by atoms with Crippen LogP contribution in [0.1, 0.15) is 200 Å². The van der Waals surface area contributed by atoms with Gasteiger partial charge in [-0.15, -0.1) is 0 Å². The largest absolute Gasteiger partial charge is 0.457 e. The molecule has 398 valence electrons. The van der Waals surface area contributed by atoms with Gasteiger partial charge in [0.1, 0.15) is 54.9 Å². The summed E-state index contributed by atoms with van der Waals surface area (Å²) in [5.41, 5.74) is 0. The normalized spacial score (nSPS) is 26.1. The van der Waals surface area contributed by atoms with Gasteiger partial charge in [0.15, 0.2) is 12.6 Å². The van der Waals surface area contributed by atoms with Crippen molar-refractivity contribution in [2.24, 2.45) is 0 Å². The molecule has 0 spiro atoms. The van der Waals surface area contributed by atoms with Gasteiger partial charge in [0.2, 0.25) is 0 Å². The van der Waals surface area contributed by atoms with Crippen molar-refractivity contribution in [1.29, 1.82) is 0 Å². The van der Waals surface area contributed by atoms with Gasteiger partial charge in [-0.1, -0.05) is 159 Å². The van der Waals surface area contributed by atoms with E-state index in [0.29, 0.717) is 13.0 Å². The summed E-state index contributed by atoms with van der Waals surface area (Å²) in [4.78, 5) is 13.0. The zero-order valence-corrected chi connectivity index (χ0v) is 42.3. The molecule has 11 unspecified atom stereocenters. The number of ether oxygens (including phenoxy) is 6. The number of hydrogen-bond donors (Lipinski definition) is 7. The topological polar surface area (TPSA) is 214 Å². The van der Waals surface area contributed by atoms with Gasteiger partial charge in [0, 0.05) is 13.0 Å². The number of unbranched alkanes of at least 4 members (excludes halogenated alkanes) is 23. The molecule has 0 aliphatic carbocycles. The van der Waals surface area contributed by atoms with Crippen LogP contribution in [0.2, 0.25) is 0 Å². The Morgan fingerprint density at radius 3 is 1.44 bits per heavy atom. The van der Waals surface area contributed by atoms with Gasteiger partial charge in [0.25, 0.3) is 0 Å². The molecular weight excluding hydrogens is 873 g/mol. The Hall–Kier alpha value is -1.79. The molecule has 68 heavy (non-hydrogen) atoms. The van der Waals surface area contributed by atoms with E-state index in [9.17, 15) is 40.5 Å². The first-order chi connectivity index (χ1) is 33.1. The minimum Gasteiger partial charge on any atom is -0.457 e. The van der Waals surface area contributed by atoms with Gasteiger partial charge in [-0.25, -0.2) is 0 Å². The summed E-state index contributed by atoms with van der Waals surface area (Å²) in [7, 11) is 0. The molecule has 0 radical (unpaired) electrons. The second kappa shape index (κ2) is 41.8. The van der Waals surface area contributed by atoms with Crippen LogP contribution in [0.5, 0.6) is 0 Å². The Labute approximate surface area is 410 Å². The summed E-state index contributed by atoms with van der Waals surface area (Å²) in [6.45, 7) is 3.65. The van der Waals surface area contributed by atoms with Gasteiger partial charge >= 0.3 is 5.97 Å². The van der Waals surface area contributed by atoms with Gasteiger partial charge in [-0.05, 0) is 70.6 Å². The van der Waals surface area contributed by atoms with Crippen molar-refractivity contribution in [1.82, 2.24) is 0 Å². The lowest BCUT2D eigenvalue weighted by atomic mass is 9.98. The second-order valence-electron chi connectivity index (χ2n) is 19.0. The molecule has 14 heteroatoms. The van der Waals surface area contributed by atoms with E-state index in [1.807, 2.05) is 0 Å². The van der Waals surface area contributed by atoms with Gasteiger partial charge in [-0.2, -0.15) is 0 Å². The summed E-state index contributed by atoms with van der Waals surface area (Å²) < 4.78 is 34.3. The third-order valence-corrected chi connectivity index (χ3v) is 12.9. The lowest BCUT2D eigenvalue weighted by Crippen LogP contribution is -2.61. The van der Waals surface area contributed by atoms with Crippen molar-refractivity contribution in [3.63, 3.8) is 0 Å². The number of aliphatic hydroxyl groups excluding tert-OH is 7. The van der Waals surface area contributed by atoms with Crippen molar-refractivity contribution in [2.45, 2.75) is 268 Å². The summed E-state index contributed by atoms with van der Waals surface area (Å²) in [5, 5.41) is 72.2. The Kier molecular flexibility index (Phi) is 38.3. The molecule has 14 nitrogen and oxygen atoms in total. The molecule has 2 saturated heterocycles. The van der Waals surface area contributed by atoms with E-state index in [1.165, 1.54) is 109 Å². The summed E-state index contributed by atoms with van der Waals surface area (Å²) in [5.74, 6) is -0.384. The first-order valence-corrected chi connectivity index (χ1v) is 27.1. The van der Waals surface area contributed by atoms with E-state index in [2.05, 4.69) is 50.3 Å². The molecular formula is C54H98O14. The lowest BCUT2D eigenvalue weighted by Gasteiger charge is -2.42. The highest BCUT2D eigenvalue weighted by Gasteiger charge is 2.47. The molecule has 11 atom stereocenters. The minimum atomic E-state index is -1.71. The van der Waals surface area contributed by atoms with Crippen LogP contribution in [0.25, 0.3) is 0 Å². The van der Waals surface area contributed by atoms with Gasteiger partial charge in [0.05, 0.1) is 26.4 Å². The molecule has 0 saturated carbocycles. The molecule has 2 heterocycles. The third kappa shape index (κ3) is 28.9. The van der Waals surface area contributed by atoms with Crippen LogP contribution >= 0.6 is 0 Å². The molecule has 2 rings (SSSR count). The molecule has 2 aliphatic heterocycles. The van der Waals surface area contributed by atoms with E-state index in [0.717, 1.165) is 64.2 Å².